The number of nitro benzene ring substituents is 1. The van der Waals surface area contributed by atoms with Gasteiger partial charge in [0.1, 0.15) is 11.6 Å². The monoisotopic (exact) mass is 311 g/mol. The van der Waals surface area contributed by atoms with Crippen LogP contribution in [-0.2, 0) is 9.59 Å². The molecule has 22 heavy (non-hydrogen) atoms. The highest BCUT2D eigenvalue weighted by atomic mass is 16.6. The Kier molecular flexibility index (Phi) is 5.38. The van der Waals surface area contributed by atoms with Gasteiger partial charge < -0.3 is 21.3 Å². The Hall–Kier alpha value is -3.17. The van der Waals surface area contributed by atoms with Crippen LogP contribution in [0, 0.1) is 10.1 Å². The number of nitrogens with two attached hydrogens (primary N) is 1. The second-order valence-electron chi connectivity index (χ2n) is 4.33. The molecule has 1 aromatic carbocycles. The van der Waals surface area contributed by atoms with Gasteiger partial charge in [0.15, 0.2) is 0 Å². The highest BCUT2D eigenvalue weighted by Crippen LogP contribution is 2.21. The van der Waals surface area contributed by atoms with Crippen molar-refractivity contribution in [3.8, 4) is 0 Å². The lowest BCUT2D eigenvalue weighted by Gasteiger charge is -2.13. The fraction of sp³-hybridized carbons (Fsp3) is 0.250. The van der Waals surface area contributed by atoms with Crippen LogP contribution in [0.2, 0.25) is 0 Å². The molecule has 10 heteroatoms. The van der Waals surface area contributed by atoms with Crippen LogP contribution in [0.1, 0.15) is 23.2 Å². The number of benzene rings is 1. The number of carbonyl (C=O) groups is 3. The van der Waals surface area contributed by atoms with Gasteiger partial charge in [0.2, 0.25) is 0 Å². The maximum Gasteiger partial charge on any atom is 0.326 e. The molecule has 0 aliphatic carbocycles. The predicted molar refractivity (Wildman–Crippen MR) is 73.3 cm³/mol. The van der Waals surface area contributed by atoms with Crippen LogP contribution in [0.3, 0.4) is 0 Å². The average Bonchev–Trinajstić information content (AvgIpc) is 2.42. The van der Waals surface area contributed by atoms with Crippen LogP contribution in [0.5, 0.6) is 0 Å². The minimum Gasteiger partial charge on any atom is -0.481 e. The number of carboxylic acid groups (broad SMARTS) is 2. The Morgan fingerprint density at radius 3 is 2.45 bits per heavy atom. The Bertz CT molecular complexity index is 629. The lowest BCUT2D eigenvalue weighted by atomic mass is 10.1. The van der Waals surface area contributed by atoms with Crippen LogP contribution in [0.15, 0.2) is 18.2 Å². The molecule has 1 atom stereocenters. The highest BCUT2D eigenvalue weighted by Gasteiger charge is 2.26. The molecule has 0 saturated carbocycles. The quantitative estimate of drug-likeness (QED) is 0.314. The van der Waals surface area contributed by atoms with Crippen molar-refractivity contribution in [3.63, 3.8) is 0 Å². The van der Waals surface area contributed by atoms with E-state index in [4.69, 9.17) is 15.9 Å². The maximum atomic E-state index is 12.0. The normalized spacial score (nSPS) is 11.5. The summed E-state index contributed by atoms with van der Waals surface area (Å²) in [7, 11) is 0. The fourth-order valence-electron chi connectivity index (χ4n) is 1.65. The van der Waals surface area contributed by atoms with E-state index in [0.717, 1.165) is 12.1 Å². The summed E-state index contributed by atoms with van der Waals surface area (Å²) >= 11 is 0. The van der Waals surface area contributed by atoms with Gasteiger partial charge in [-0.15, -0.1) is 0 Å². The summed E-state index contributed by atoms with van der Waals surface area (Å²) in [5.74, 6) is -3.66. The number of hydrogen-bond donors (Lipinski definition) is 4. The van der Waals surface area contributed by atoms with E-state index in [2.05, 4.69) is 5.32 Å². The fourth-order valence-corrected chi connectivity index (χ4v) is 1.65. The van der Waals surface area contributed by atoms with E-state index in [-0.39, 0.29) is 17.7 Å². The Morgan fingerprint density at radius 2 is 1.95 bits per heavy atom. The van der Waals surface area contributed by atoms with Crippen LogP contribution in [-0.4, -0.2) is 39.0 Å². The number of nitrogen functional groups attached to an aromatic ring is 1. The van der Waals surface area contributed by atoms with Gasteiger partial charge in [-0.3, -0.25) is 19.7 Å². The smallest absolute Gasteiger partial charge is 0.326 e. The molecule has 0 bridgehead atoms. The molecule has 1 aromatic rings. The topological polar surface area (TPSA) is 173 Å². The van der Waals surface area contributed by atoms with Crippen molar-refractivity contribution in [2.75, 3.05) is 5.73 Å². The van der Waals surface area contributed by atoms with Gasteiger partial charge in [0, 0.05) is 18.2 Å². The number of rotatable bonds is 7. The van der Waals surface area contributed by atoms with E-state index in [1.54, 1.807) is 0 Å². The molecular formula is C12H13N3O7. The highest BCUT2D eigenvalue weighted by molar-refractivity contribution is 6.00. The first kappa shape index (κ1) is 16.9. The average molecular weight is 311 g/mol. The van der Waals surface area contributed by atoms with Crippen molar-refractivity contribution in [1.29, 1.82) is 0 Å². The van der Waals surface area contributed by atoms with Crippen LogP contribution >= 0.6 is 0 Å². The summed E-state index contributed by atoms with van der Waals surface area (Å²) in [5.41, 5.74) is 4.54. The van der Waals surface area contributed by atoms with E-state index >= 15 is 0 Å². The molecular weight excluding hydrogens is 298 g/mol. The number of aliphatic carboxylic acids is 2. The van der Waals surface area contributed by atoms with Crippen molar-refractivity contribution in [2.45, 2.75) is 18.9 Å². The standard InChI is InChI=1S/C12H13N3O7/c13-6-1-2-7(9(5-6)15(21)22)11(18)14-8(12(19)20)3-4-10(16)17/h1-2,5,8H,3-4,13H2,(H,14,18)(H,16,17)(H,19,20)/t8-/m0/s1. The third-order valence-electron chi connectivity index (χ3n) is 2.71. The molecule has 5 N–H and O–H groups in total. The zero-order valence-corrected chi connectivity index (χ0v) is 11.2. The summed E-state index contributed by atoms with van der Waals surface area (Å²) < 4.78 is 0. The second-order valence-corrected chi connectivity index (χ2v) is 4.33. The molecule has 1 rings (SSSR count). The van der Waals surface area contributed by atoms with Crippen molar-refractivity contribution in [3.05, 3.63) is 33.9 Å². The van der Waals surface area contributed by atoms with Crippen molar-refractivity contribution in [2.24, 2.45) is 0 Å². The first-order valence-electron chi connectivity index (χ1n) is 6.01. The van der Waals surface area contributed by atoms with Crippen LogP contribution in [0.4, 0.5) is 11.4 Å². The summed E-state index contributed by atoms with van der Waals surface area (Å²) in [4.78, 5) is 43.5. The van der Waals surface area contributed by atoms with Crippen molar-refractivity contribution in [1.82, 2.24) is 5.32 Å². The number of nitrogens with one attached hydrogen (secondary N) is 1. The SMILES string of the molecule is Nc1ccc(C(=O)N[C@@H](CCC(=O)O)C(=O)O)c([N+](=O)[O-])c1. The number of nitro groups is 1. The minimum atomic E-state index is -1.47. The second kappa shape index (κ2) is 7.02. The molecule has 0 aliphatic heterocycles. The molecule has 0 aliphatic rings. The van der Waals surface area contributed by atoms with Gasteiger partial charge in [-0.05, 0) is 18.6 Å². The predicted octanol–water partition coefficient (Wildman–Crippen LogP) is 0.225. The zero-order valence-electron chi connectivity index (χ0n) is 11.2. The summed E-state index contributed by atoms with van der Waals surface area (Å²) in [6.45, 7) is 0. The van der Waals surface area contributed by atoms with Crippen molar-refractivity contribution < 1.29 is 29.5 Å². The summed E-state index contributed by atoms with van der Waals surface area (Å²) in [6.07, 6.45) is -0.819. The first-order valence-corrected chi connectivity index (χ1v) is 6.01. The van der Waals surface area contributed by atoms with E-state index < -0.39 is 40.9 Å². The third kappa shape index (κ3) is 4.44. The van der Waals surface area contributed by atoms with E-state index in [1.165, 1.54) is 6.07 Å². The van der Waals surface area contributed by atoms with Crippen LogP contribution < -0.4 is 11.1 Å². The first-order chi connectivity index (χ1) is 10.2. The number of nitrogens with zero attached hydrogens (tertiary/aromatic N) is 1. The Balaban J connectivity index is 2.97. The molecule has 10 nitrogen and oxygen atoms in total. The number of carboxylic acids is 2. The van der Waals surface area contributed by atoms with Gasteiger partial charge in [-0.1, -0.05) is 0 Å². The maximum absolute atomic E-state index is 12.0. The molecule has 0 saturated heterocycles. The molecule has 1 amide bonds. The van der Waals surface area contributed by atoms with E-state index in [0.29, 0.717) is 0 Å². The van der Waals surface area contributed by atoms with Crippen LogP contribution in [0.25, 0.3) is 0 Å². The van der Waals surface area contributed by atoms with Gasteiger partial charge in [-0.25, -0.2) is 4.79 Å². The lowest BCUT2D eigenvalue weighted by molar-refractivity contribution is -0.385. The lowest BCUT2D eigenvalue weighted by Crippen LogP contribution is -2.41. The molecule has 0 spiro atoms. The zero-order chi connectivity index (χ0) is 16.9. The van der Waals surface area contributed by atoms with Gasteiger partial charge in [-0.2, -0.15) is 0 Å². The number of hydrogen-bond acceptors (Lipinski definition) is 6. The molecule has 0 fully saturated rings. The molecule has 0 heterocycles. The van der Waals surface area contributed by atoms with E-state index in [1.807, 2.05) is 0 Å². The minimum absolute atomic E-state index is 0.0731. The number of amides is 1. The summed E-state index contributed by atoms with van der Waals surface area (Å²) in [6, 6.07) is 1.86. The largest absolute Gasteiger partial charge is 0.481 e. The Labute approximate surface area is 123 Å². The van der Waals surface area contributed by atoms with Gasteiger partial charge >= 0.3 is 11.9 Å². The number of carbonyl (C=O) groups excluding carboxylic acids is 1. The molecule has 118 valence electrons. The van der Waals surface area contributed by atoms with Gasteiger partial charge in [0.25, 0.3) is 11.6 Å². The summed E-state index contributed by atoms with van der Waals surface area (Å²) in [5, 5.41) is 30.4. The third-order valence-corrected chi connectivity index (χ3v) is 2.71. The van der Waals surface area contributed by atoms with Gasteiger partial charge in [0.05, 0.1) is 4.92 Å². The molecule has 0 unspecified atom stereocenters. The number of anilines is 1. The van der Waals surface area contributed by atoms with Crippen molar-refractivity contribution >= 4 is 29.2 Å². The molecule has 0 aromatic heterocycles. The Morgan fingerprint density at radius 1 is 1.32 bits per heavy atom. The molecule has 0 radical (unpaired) electrons. The van der Waals surface area contributed by atoms with E-state index in [9.17, 15) is 24.5 Å².